The molecule has 162 valence electrons. The van der Waals surface area contributed by atoms with Gasteiger partial charge in [0.1, 0.15) is 12.6 Å². The number of nitrogens with one attached hydrogen (secondary N) is 2. The molecule has 1 atom stereocenters. The third kappa shape index (κ3) is 6.16. The minimum absolute atomic E-state index is 0.0201. The number of piperazine rings is 1. The number of hydrogen-bond donors (Lipinski definition) is 2. The minimum atomic E-state index is -0.898. The molecule has 3 rings (SSSR count). The molecule has 2 aromatic rings. The molecular weight excluding hydrogens is 461 g/mol. The topological polar surface area (TPSA) is 87.7 Å². The highest BCUT2D eigenvalue weighted by Gasteiger charge is 2.34. The lowest BCUT2D eigenvalue weighted by Crippen LogP contribution is -2.60. The van der Waals surface area contributed by atoms with Crippen LogP contribution in [0, 0.1) is 0 Å². The van der Waals surface area contributed by atoms with Crippen molar-refractivity contribution in [1.29, 1.82) is 0 Å². The van der Waals surface area contributed by atoms with Crippen LogP contribution in [0.4, 0.5) is 0 Å². The van der Waals surface area contributed by atoms with E-state index >= 15 is 0 Å². The Morgan fingerprint density at radius 3 is 2.65 bits per heavy atom. The van der Waals surface area contributed by atoms with Gasteiger partial charge in [-0.15, -0.1) is 0 Å². The van der Waals surface area contributed by atoms with Crippen molar-refractivity contribution in [2.45, 2.75) is 19.1 Å². The van der Waals surface area contributed by atoms with Crippen molar-refractivity contribution < 1.29 is 19.1 Å². The van der Waals surface area contributed by atoms with Crippen LogP contribution in [0.3, 0.4) is 0 Å². The minimum Gasteiger partial charge on any atom is -0.461 e. The summed E-state index contributed by atoms with van der Waals surface area (Å²) in [5, 5.41) is 5.85. The number of hydrogen-bond acceptors (Lipinski definition) is 5. The Balaban J connectivity index is 1.63. The van der Waals surface area contributed by atoms with Crippen molar-refractivity contribution in [3.05, 3.63) is 69.7 Å². The average Bonchev–Trinajstić information content (AvgIpc) is 2.74. The third-order valence-corrected chi connectivity index (χ3v) is 5.47. The standard InChI is InChI=1S/C21H19Cl2N3O4S/c22-14-6-7-15(16(23)10-14)19(28)25-21(31)26-9-8-24-20(29)17(26)11-18(27)30-12-13-4-2-1-3-5-13/h1-7,10,17H,8-9,11-12H2,(H,24,29)(H,25,28,31)/t17-/m1/s1. The van der Waals surface area contributed by atoms with Gasteiger partial charge < -0.3 is 15.0 Å². The lowest BCUT2D eigenvalue weighted by Gasteiger charge is -2.36. The predicted octanol–water partition coefficient (Wildman–Crippen LogP) is 2.94. The van der Waals surface area contributed by atoms with Crippen LogP contribution in [-0.2, 0) is 20.9 Å². The van der Waals surface area contributed by atoms with Gasteiger partial charge in [0, 0.05) is 18.1 Å². The number of benzene rings is 2. The SMILES string of the molecule is O=C(C[C@@H]1C(=O)NCCN1C(=S)NC(=O)c1ccc(Cl)cc1Cl)OCc1ccccc1. The van der Waals surface area contributed by atoms with E-state index < -0.39 is 17.9 Å². The van der Waals surface area contributed by atoms with Crippen molar-refractivity contribution in [3.8, 4) is 0 Å². The number of esters is 1. The lowest BCUT2D eigenvalue weighted by molar-refractivity contribution is -0.148. The van der Waals surface area contributed by atoms with E-state index in [1.807, 2.05) is 30.3 Å². The highest BCUT2D eigenvalue weighted by molar-refractivity contribution is 7.80. The Labute approximate surface area is 194 Å². The van der Waals surface area contributed by atoms with Crippen LogP contribution in [0.25, 0.3) is 0 Å². The molecule has 0 saturated carbocycles. The maximum Gasteiger partial charge on any atom is 0.308 e. The van der Waals surface area contributed by atoms with Gasteiger partial charge in [0.25, 0.3) is 5.91 Å². The Kier molecular flexibility index (Phi) is 7.84. The third-order valence-electron chi connectivity index (χ3n) is 4.59. The fourth-order valence-electron chi connectivity index (χ4n) is 3.03. The molecular formula is C21H19Cl2N3O4S. The van der Waals surface area contributed by atoms with E-state index in [1.54, 1.807) is 0 Å². The zero-order chi connectivity index (χ0) is 22.4. The van der Waals surface area contributed by atoms with E-state index in [4.69, 9.17) is 40.2 Å². The summed E-state index contributed by atoms with van der Waals surface area (Å²) in [4.78, 5) is 38.8. The van der Waals surface area contributed by atoms with Gasteiger partial charge >= 0.3 is 5.97 Å². The average molecular weight is 480 g/mol. The fourth-order valence-corrected chi connectivity index (χ4v) is 3.83. The van der Waals surface area contributed by atoms with Crippen molar-refractivity contribution in [2.24, 2.45) is 0 Å². The van der Waals surface area contributed by atoms with Crippen LogP contribution in [-0.4, -0.2) is 46.9 Å². The second-order valence-electron chi connectivity index (χ2n) is 6.73. The smallest absolute Gasteiger partial charge is 0.308 e. The van der Waals surface area contributed by atoms with Gasteiger partial charge in [0.2, 0.25) is 5.91 Å². The molecule has 1 fully saturated rings. The number of rotatable bonds is 5. The Hall–Kier alpha value is -2.68. The van der Waals surface area contributed by atoms with E-state index in [-0.39, 0.29) is 34.6 Å². The number of nitrogens with zero attached hydrogens (tertiary/aromatic N) is 1. The molecule has 10 heteroatoms. The molecule has 1 aliphatic heterocycles. The molecule has 7 nitrogen and oxygen atoms in total. The summed E-state index contributed by atoms with van der Waals surface area (Å²) in [6, 6.07) is 12.8. The van der Waals surface area contributed by atoms with Crippen molar-refractivity contribution in [2.75, 3.05) is 13.1 Å². The molecule has 0 aliphatic carbocycles. The molecule has 0 radical (unpaired) electrons. The normalized spacial score (nSPS) is 15.7. The number of halogens is 2. The zero-order valence-electron chi connectivity index (χ0n) is 16.3. The fraction of sp³-hybridized carbons (Fsp3) is 0.238. The predicted molar refractivity (Wildman–Crippen MR) is 121 cm³/mol. The van der Waals surface area contributed by atoms with Crippen molar-refractivity contribution in [1.82, 2.24) is 15.5 Å². The summed E-state index contributed by atoms with van der Waals surface area (Å²) in [5.74, 6) is -1.46. The molecule has 2 amide bonds. The van der Waals surface area contributed by atoms with E-state index in [9.17, 15) is 14.4 Å². The van der Waals surface area contributed by atoms with Gasteiger partial charge in [-0.05, 0) is 36.0 Å². The molecule has 0 unspecified atom stereocenters. The van der Waals surface area contributed by atoms with Crippen LogP contribution in [0.1, 0.15) is 22.3 Å². The van der Waals surface area contributed by atoms with Gasteiger partial charge in [-0.25, -0.2) is 0 Å². The van der Waals surface area contributed by atoms with Crippen molar-refractivity contribution >= 4 is 58.3 Å². The Bertz CT molecular complexity index is 1000. The van der Waals surface area contributed by atoms with E-state index in [2.05, 4.69) is 10.6 Å². The highest BCUT2D eigenvalue weighted by atomic mass is 35.5. The number of ether oxygens (including phenoxy) is 1. The molecule has 1 saturated heterocycles. The number of amides is 2. The summed E-state index contributed by atoms with van der Waals surface area (Å²) < 4.78 is 5.28. The summed E-state index contributed by atoms with van der Waals surface area (Å²) in [6.45, 7) is 0.756. The monoisotopic (exact) mass is 479 g/mol. The summed E-state index contributed by atoms with van der Waals surface area (Å²) in [7, 11) is 0. The highest BCUT2D eigenvalue weighted by Crippen LogP contribution is 2.21. The number of carbonyl (C=O) groups is 3. The van der Waals surface area contributed by atoms with Gasteiger partial charge in [-0.3, -0.25) is 19.7 Å². The molecule has 2 aromatic carbocycles. The maximum atomic E-state index is 12.6. The molecule has 2 N–H and O–H groups in total. The summed E-state index contributed by atoms with van der Waals surface area (Å²) >= 11 is 17.3. The first kappa shape index (κ1) is 23.0. The van der Waals surface area contributed by atoms with E-state index in [0.29, 0.717) is 18.1 Å². The van der Waals surface area contributed by atoms with E-state index in [1.165, 1.54) is 23.1 Å². The van der Waals surface area contributed by atoms with Gasteiger partial charge in [0.05, 0.1) is 17.0 Å². The van der Waals surface area contributed by atoms with Gasteiger partial charge in [-0.1, -0.05) is 53.5 Å². The van der Waals surface area contributed by atoms with Crippen LogP contribution in [0.2, 0.25) is 10.0 Å². The van der Waals surface area contributed by atoms with Gasteiger partial charge in [0.15, 0.2) is 5.11 Å². The van der Waals surface area contributed by atoms with Gasteiger partial charge in [-0.2, -0.15) is 0 Å². The quantitative estimate of drug-likeness (QED) is 0.506. The second-order valence-corrected chi connectivity index (χ2v) is 7.96. The largest absolute Gasteiger partial charge is 0.461 e. The van der Waals surface area contributed by atoms with Crippen LogP contribution in [0.15, 0.2) is 48.5 Å². The maximum absolute atomic E-state index is 12.6. The molecule has 1 heterocycles. The Morgan fingerprint density at radius 2 is 1.94 bits per heavy atom. The first-order chi connectivity index (χ1) is 14.8. The molecule has 0 spiro atoms. The first-order valence-electron chi connectivity index (χ1n) is 9.39. The van der Waals surface area contributed by atoms with Crippen LogP contribution in [0.5, 0.6) is 0 Å². The Morgan fingerprint density at radius 1 is 1.19 bits per heavy atom. The molecule has 31 heavy (non-hydrogen) atoms. The second kappa shape index (κ2) is 10.6. The number of carbonyl (C=O) groups excluding carboxylic acids is 3. The van der Waals surface area contributed by atoms with Crippen LogP contribution >= 0.6 is 35.4 Å². The first-order valence-corrected chi connectivity index (χ1v) is 10.6. The van der Waals surface area contributed by atoms with Crippen molar-refractivity contribution in [3.63, 3.8) is 0 Å². The zero-order valence-corrected chi connectivity index (χ0v) is 18.6. The molecule has 0 aromatic heterocycles. The molecule has 1 aliphatic rings. The van der Waals surface area contributed by atoms with Crippen LogP contribution < -0.4 is 10.6 Å². The molecule has 0 bridgehead atoms. The van der Waals surface area contributed by atoms with E-state index in [0.717, 1.165) is 5.56 Å². The summed E-state index contributed by atoms with van der Waals surface area (Å²) in [5.41, 5.74) is 1.03. The number of thiocarbonyl (C=S) groups is 1. The summed E-state index contributed by atoms with van der Waals surface area (Å²) in [6.07, 6.45) is -0.212. The lowest BCUT2D eigenvalue weighted by atomic mass is 10.1.